The summed E-state index contributed by atoms with van der Waals surface area (Å²) in [5.41, 5.74) is 9.15. The Morgan fingerprint density at radius 2 is 0.686 bits per heavy atom. The number of rotatable bonds is 2. The summed E-state index contributed by atoms with van der Waals surface area (Å²) >= 11 is 0. The third-order valence-electron chi connectivity index (χ3n) is 6.99. The van der Waals surface area contributed by atoms with Gasteiger partial charge in [-0.25, -0.2) is 0 Å². The van der Waals surface area contributed by atoms with Crippen LogP contribution < -0.4 is 0 Å². The second-order valence-electron chi connectivity index (χ2n) is 14.3. The van der Waals surface area contributed by atoms with Gasteiger partial charge in [-0.1, -0.05) is 138 Å². The summed E-state index contributed by atoms with van der Waals surface area (Å²) in [5.74, 6) is 0.351. The van der Waals surface area contributed by atoms with Crippen molar-refractivity contribution in [3.8, 4) is 28.0 Å². The van der Waals surface area contributed by atoms with E-state index < -0.39 is 0 Å². The lowest BCUT2D eigenvalue weighted by molar-refractivity contribution is 0.479. The van der Waals surface area contributed by atoms with Gasteiger partial charge in [-0.15, -0.1) is 0 Å². The van der Waals surface area contributed by atoms with Gasteiger partial charge in [0.15, 0.2) is 0 Å². The third kappa shape index (κ3) is 6.00. The molecule has 0 aliphatic heterocycles. The second-order valence-corrected chi connectivity index (χ2v) is 14.3. The number of hydrogen-bond donors (Lipinski definition) is 1. The topological polar surface area (TPSA) is 20.2 Å². The molecule has 1 nitrogen and oxygen atoms in total. The molecule has 0 fully saturated rings. The lowest BCUT2D eigenvalue weighted by Crippen LogP contribution is -2.16. The van der Waals surface area contributed by atoms with E-state index in [2.05, 4.69) is 126 Å². The Morgan fingerprint density at radius 3 is 0.914 bits per heavy atom. The van der Waals surface area contributed by atoms with Crippen LogP contribution in [0.4, 0.5) is 0 Å². The largest absolute Gasteiger partial charge is 0.507 e. The van der Waals surface area contributed by atoms with Crippen LogP contribution in [-0.4, -0.2) is 5.11 Å². The fraction of sp³-hybridized carbons (Fsp3) is 0.471. The minimum atomic E-state index is 0.0197. The van der Waals surface area contributed by atoms with Crippen LogP contribution in [0.1, 0.15) is 105 Å². The molecule has 0 amide bonds. The van der Waals surface area contributed by atoms with Gasteiger partial charge in [0, 0.05) is 11.1 Å². The first-order chi connectivity index (χ1) is 15.8. The van der Waals surface area contributed by atoms with Crippen molar-refractivity contribution in [1.82, 2.24) is 0 Å². The van der Waals surface area contributed by atoms with E-state index in [4.69, 9.17) is 0 Å². The summed E-state index contributed by atoms with van der Waals surface area (Å²) in [6, 6.07) is 19.8. The van der Waals surface area contributed by atoms with Gasteiger partial charge in [0.2, 0.25) is 0 Å². The highest BCUT2D eigenvalue weighted by molar-refractivity contribution is 5.83. The van der Waals surface area contributed by atoms with E-state index in [-0.39, 0.29) is 21.7 Å². The first-order valence-electron chi connectivity index (χ1n) is 12.9. The highest BCUT2D eigenvalue weighted by atomic mass is 16.3. The van der Waals surface area contributed by atoms with Crippen molar-refractivity contribution in [1.29, 1.82) is 0 Å². The first kappa shape index (κ1) is 27.1. The summed E-state index contributed by atoms with van der Waals surface area (Å²) in [6.45, 7) is 27.0. The second kappa shape index (κ2) is 8.84. The number of para-hydroxylation sites is 1. The molecule has 0 unspecified atom stereocenters. The monoisotopic (exact) mass is 470 g/mol. The zero-order valence-electron chi connectivity index (χ0n) is 24.1. The van der Waals surface area contributed by atoms with Gasteiger partial charge < -0.3 is 5.11 Å². The summed E-state index contributed by atoms with van der Waals surface area (Å²) in [5, 5.41) is 11.7. The Bertz CT molecular complexity index is 1060. The highest BCUT2D eigenvalue weighted by Gasteiger charge is 2.24. The van der Waals surface area contributed by atoms with Gasteiger partial charge in [0.05, 0.1) is 0 Å². The molecule has 1 heteroatoms. The van der Waals surface area contributed by atoms with Gasteiger partial charge in [-0.3, -0.25) is 0 Å². The predicted octanol–water partition coefficient (Wildman–Crippen LogP) is 9.92. The molecule has 188 valence electrons. The molecule has 0 spiro atoms. The van der Waals surface area contributed by atoms with Crippen LogP contribution in [-0.2, 0) is 21.7 Å². The molecule has 3 aromatic carbocycles. The average Bonchev–Trinajstić information content (AvgIpc) is 2.70. The van der Waals surface area contributed by atoms with Crippen LogP contribution in [0.2, 0.25) is 0 Å². The van der Waals surface area contributed by atoms with Crippen LogP contribution in [0.15, 0.2) is 54.6 Å². The Balaban J connectivity index is 2.29. The fourth-order valence-electron chi connectivity index (χ4n) is 4.31. The number of phenolic OH excluding ortho intramolecular Hbond substituents is 1. The molecule has 0 radical (unpaired) electrons. The summed E-state index contributed by atoms with van der Waals surface area (Å²) < 4.78 is 0. The Morgan fingerprint density at radius 1 is 0.429 bits per heavy atom. The van der Waals surface area contributed by atoms with Crippen LogP contribution in [0, 0.1) is 0 Å². The predicted molar refractivity (Wildman–Crippen MR) is 154 cm³/mol. The van der Waals surface area contributed by atoms with E-state index in [0.717, 1.165) is 22.3 Å². The fourth-order valence-corrected chi connectivity index (χ4v) is 4.31. The minimum Gasteiger partial charge on any atom is -0.507 e. The molecule has 1 N–H and O–H groups in total. The first-order valence-corrected chi connectivity index (χ1v) is 12.9. The van der Waals surface area contributed by atoms with Crippen molar-refractivity contribution < 1.29 is 5.11 Å². The molecule has 3 rings (SSSR count). The summed E-state index contributed by atoms with van der Waals surface area (Å²) in [7, 11) is 0. The van der Waals surface area contributed by atoms with Crippen molar-refractivity contribution in [2.75, 3.05) is 0 Å². The molecule has 0 saturated carbocycles. The SMILES string of the molecule is CC(C)(C)c1cc(-c2cccc(-c3cc(C(C)(C)C)cc(C(C)(C)C)c3)c2O)cc(C(C)(C)C)c1. The quantitative estimate of drug-likeness (QED) is 0.395. The van der Waals surface area contributed by atoms with E-state index >= 15 is 0 Å². The van der Waals surface area contributed by atoms with Crippen molar-refractivity contribution in [2.45, 2.75) is 105 Å². The standard InChI is InChI=1S/C34H46O/c1-31(2,3)24-16-22(17-25(20-24)32(4,5)6)28-14-13-15-29(30(28)35)23-18-26(33(7,8)9)21-27(19-23)34(10,11)12/h13-21,35H,1-12H3. The Labute approximate surface area is 214 Å². The van der Waals surface area contributed by atoms with Crippen LogP contribution >= 0.6 is 0 Å². The Hall–Kier alpha value is -2.54. The highest BCUT2D eigenvalue weighted by Crippen LogP contribution is 2.43. The minimum absolute atomic E-state index is 0.0197. The third-order valence-corrected chi connectivity index (χ3v) is 6.99. The zero-order chi connectivity index (χ0) is 26.6. The number of phenols is 1. The van der Waals surface area contributed by atoms with E-state index in [9.17, 15) is 5.11 Å². The molecule has 0 saturated heterocycles. The lowest BCUT2D eigenvalue weighted by Gasteiger charge is -2.27. The van der Waals surface area contributed by atoms with Crippen molar-refractivity contribution >= 4 is 0 Å². The van der Waals surface area contributed by atoms with E-state index in [1.54, 1.807) is 0 Å². The van der Waals surface area contributed by atoms with Crippen LogP contribution in [0.25, 0.3) is 22.3 Å². The molecule has 0 bridgehead atoms. The van der Waals surface area contributed by atoms with Crippen LogP contribution in [0.5, 0.6) is 5.75 Å². The molecular formula is C34H46O. The normalized spacial score (nSPS) is 13.3. The summed E-state index contributed by atoms with van der Waals surface area (Å²) in [4.78, 5) is 0. The maximum Gasteiger partial charge on any atom is 0.131 e. The molecule has 0 heterocycles. The van der Waals surface area contributed by atoms with E-state index in [1.807, 2.05) is 12.1 Å². The number of benzene rings is 3. The van der Waals surface area contributed by atoms with Crippen molar-refractivity contribution in [2.24, 2.45) is 0 Å². The Kier molecular flexibility index (Phi) is 6.83. The molecule has 35 heavy (non-hydrogen) atoms. The van der Waals surface area contributed by atoms with Crippen molar-refractivity contribution in [3.05, 3.63) is 76.9 Å². The smallest absolute Gasteiger partial charge is 0.131 e. The van der Waals surface area contributed by atoms with Crippen LogP contribution in [0.3, 0.4) is 0 Å². The molecule has 0 aromatic heterocycles. The van der Waals surface area contributed by atoms with Gasteiger partial charge in [0.25, 0.3) is 0 Å². The maximum absolute atomic E-state index is 11.7. The molecule has 0 aliphatic carbocycles. The van der Waals surface area contributed by atoms with E-state index in [1.165, 1.54) is 22.3 Å². The maximum atomic E-state index is 11.7. The van der Waals surface area contributed by atoms with Gasteiger partial charge in [-0.2, -0.15) is 0 Å². The number of aromatic hydroxyl groups is 1. The van der Waals surface area contributed by atoms with Crippen molar-refractivity contribution in [3.63, 3.8) is 0 Å². The summed E-state index contributed by atoms with van der Waals surface area (Å²) in [6.07, 6.45) is 0. The van der Waals surface area contributed by atoms with Gasteiger partial charge >= 0.3 is 0 Å². The van der Waals surface area contributed by atoms with Gasteiger partial charge in [0.1, 0.15) is 5.75 Å². The molecule has 3 aromatic rings. The van der Waals surface area contributed by atoms with E-state index in [0.29, 0.717) is 5.75 Å². The molecular weight excluding hydrogens is 424 g/mol. The average molecular weight is 471 g/mol. The molecule has 0 aliphatic rings. The van der Waals surface area contributed by atoms with Gasteiger partial charge in [-0.05, 0) is 55.0 Å². The molecule has 0 atom stereocenters. The zero-order valence-corrected chi connectivity index (χ0v) is 24.1. The lowest BCUT2D eigenvalue weighted by atomic mass is 9.78. The number of hydrogen-bond acceptors (Lipinski definition) is 1.